The van der Waals surface area contributed by atoms with Gasteiger partial charge in [-0.2, -0.15) is 0 Å². The molecule has 1 atom stereocenters. The van der Waals surface area contributed by atoms with Crippen LogP contribution < -0.4 is 10.2 Å². The molecule has 1 aliphatic heterocycles. The van der Waals surface area contributed by atoms with Crippen molar-refractivity contribution in [3.05, 3.63) is 72.3 Å². The fourth-order valence-electron chi connectivity index (χ4n) is 2.55. The second kappa shape index (κ2) is 5.44. The van der Waals surface area contributed by atoms with Crippen LogP contribution in [0, 0.1) is 0 Å². The van der Waals surface area contributed by atoms with Crippen molar-refractivity contribution in [3.8, 4) is 0 Å². The topological polar surface area (TPSA) is 32.3 Å². The molecule has 2 aromatic carbocycles. The number of benzene rings is 2. The van der Waals surface area contributed by atoms with Crippen LogP contribution in [-0.4, -0.2) is 18.5 Å². The number of hydrogen-bond donors (Lipinski definition) is 1. The summed E-state index contributed by atoms with van der Waals surface area (Å²) >= 11 is 0. The second-order valence-corrected chi connectivity index (χ2v) is 5.34. The minimum Gasteiger partial charge on any atom is -0.376 e. The van der Waals surface area contributed by atoms with Crippen LogP contribution in [0.4, 0.5) is 11.4 Å². The SMILES string of the molecule is C=C(C)[C@H]1CN(c2ccccc2)C(=O)c2ccccc2N1. The van der Waals surface area contributed by atoms with Crippen LogP contribution in [0.25, 0.3) is 0 Å². The first kappa shape index (κ1) is 13.4. The molecule has 21 heavy (non-hydrogen) atoms. The van der Waals surface area contributed by atoms with E-state index >= 15 is 0 Å². The third-order valence-electron chi connectivity index (χ3n) is 3.76. The van der Waals surface area contributed by atoms with Crippen molar-refractivity contribution in [2.24, 2.45) is 0 Å². The molecule has 106 valence electrons. The van der Waals surface area contributed by atoms with E-state index in [1.54, 1.807) is 0 Å². The zero-order chi connectivity index (χ0) is 14.8. The Kier molecular flexibility index (Phi) is 3.48. The maximum Gasteiger partial charge on any atom is 0.260 e. The maximum atomic E-state index is 12.9. The maximum absolute atomic E-state index is 12.9. The summed E-state index contributed by atoms with van der Waals surface area (Å²) < 4.78 is 0. The van der Waals surface area contributed by atoms with Crippen molar-refractivity contribution in [1.29, 1.82) is 0 Å². The van der Waals surface area contributed by atoms with E-state index < -0.39 is 0 Å². The Morgan fingerprint density at radius 1 is 1.14 bits per heavy atom. The summed E-state index contributed by atoms with van der Waals surface area (Å²) in [6, 6.07) is 17.4. The molecule has 3 rings (SSSR count). The molecular weight excluding hydrogens is 260 g/mol. The molecule has 0 saturated carbocycles. The fraction of sp³-hybridized carbons (Fsp3) is 0.167. The zero-order valence-electron chi connectivity index (χ0n) is 12.0. The second-order valence-electron chi connectivity index (χ2n) is 5.34. The van der Waals surface area contributed by atoms with Gasteiger partial charge in [0.05, 0.1) is 18.2 Å². The molecular formula is C18H18N2O. The van der Waals surface area contributed by atoms with E-state index in [1.807, 2.05) is 66.4 Å². The molecule has 1 N–H and O–H groups in total. The van der Waals surface area contributed by atoms with Gasteiger partial charge < -0.3 is 10.2 Å². The number of nitrogens with one attached hydrogen (secondary N) is 1. The molecule has 0 aromatic heterocycles. The number of amides is 1. The minimum absolute atomic E-state index is 0.0213. The molecule has 1 aliphatic rings. The van der Waals surface area contributed by atoms with Gasteiger partial charge in [-0.3, -0.25) is 4.79 Å². The van der Waals surface area contributed by atoms with Gasteiger partial charge >= 0.3 is 0 Å². The molecule has 0 bridgehead atoms. The highest BCUT2D eigenvalue weighted by atomic mass is 16.2. The average molecular weight is 278 g/mol. The van der Waals surface area contributed by atoms with Gasteiger partial charge in [0.1, 0.15) is 0 Å². The number of hydrogen-bond acceptors (Lipinski definition) is 2. The normalized spacial score (nSPS) is 17.7. The largest absolute Gasteiger partial charge is 0.376 e. The first-order valence-corrected chi connectivity index (χ1v) is 7.04. The van der Waals surface area contributed by atoms with Crippen molar-refractivity contribution in [1.82, 2.24) is 0 Å². The van der Waals surface area contributed by atoms with Crippen molar-refractivity contribution in [2.75, 3.05) is 16.8 Å². The molecule has 0 saturated heterocycles. The fourth-order valence-corrected chi connectivity index (χ4v) is 2.55. The summed E-state index contributed by atoms with van der Waals surface area (Å²) in [5.41, 5.74) is 3.49. The summed E-state index contributed by atoms with van der Waals surface area (Å²) in [5.74, 6) is 0.0213. The van der Waals surface area contributed by atoms with Crippen LogP contribution in [0.15, 0.2) is 66.7 Å². The van der Waals surface area contributed by atoms with Crippen LogP contribution in [0.2, 0.25) is 0 Å². The molecule has 2 aromatic rings. The van der Waals surface area contributed by atoms with Crippen LogP contribution in [-0.2, 0) is 0 Å². The summed E-state index contributed by atoms with van der Waals surface area (Å²) in [4.78, 5) is 14.7. The molecule has 1 amide bonds. The highest BCUT2D eigenvalue weighted by Gasteiger charge is 2.28. The van der Waals surface area contributed by atoms with E-state index in [9.17, 15) is 4.79 Å². The van der Waals surface area contributed by atoms with Crippen molar-refractivity contribution >= 4 is 17.3 Å². The van der Waals surface area contributed by atoms with Gasteiger partial charge in [-0.25, -0.2) is 0 Å². The third kappa shape index (κ3) is 2.55. The molecule has 1 heterocycles. The van der Waals surface area contributed by atoms with E-state index in [-0.39, 0.29) is 11.9 Å². The summed E-state index contributed by atoms with van der Waals surface area (Å²) in [5, 5.41) is 3.43. The Hall–Kier alpha value is -2.55. The first-order chi connectivity index (χ1) is 10.2. The lowest BCUT2D eigenvalue weighted by Gasteiger charge is -2.25. The summed E-state index contributed by atoms with van der Waals surface area (Å²) in [6.07, 6.45) is 0. The number of carbonyl (C=O) groups excluding carboxylic acids is 1. The monoisotopic (exact) mass is 278 g/mol. The van der Waals surface area contributed by atoms with Gasteiger partial charge in [0.2, 0.25) is 0 Å². The Morgan fingerprint density at radius 2 is 1.81 bits per heavy atom. The van der Waals surface area contributed by atoms with E-state index in [0.717, 1.165) is 16.9 Å². The lowest BCUT2D eigenvalue weighted by atomic mass is 10.1. The van der Waals surface area contributed by atoms with E-state index in [1.165, 1.54) is 0 Å². The number of carbonyl (C=O) groups is 1. The molecule has 0 unspecified atom stereocenters. The van der Waals surface area contributed by atoms with Gasteiger partial charge in [0.25, 0.3) is 5.91 Å². The standard InChI is InChI=1S/C18H18N2O/c1-13(2)17-12-20(14-8-4-3-5-9-14)18(21)15-10-6-7-11-16(15)19-17/h3-11,17,19H,1,12H2,2H3/t17-/m1/s1. The number of para-hydroxylation sites is 2. The number of anilines is 2. The summed E-state index contributed by atoms with van der Waals surface area (Å²) in [6.45, 7) is 6.61. The smallest absolute Gasteiger partial charge is 0.260 e. The summed E-state index contributed by atoms with van der Waals surface area (Å²) in [7, 11) is 0. The number of fused-ring (bicyclic) bond motifs is 1. The van der Waals surface area contributed by atoms with Gasteiger partial charge in [-0.05, 0) is 31.2 Å². The van der Waals surface area contributed by atoms with E-state index in [4.69, 9.17) is 0 Å². The van der Waals surface area contributed by atoms with Crippen molar-refractivity contribution in [2.45, 2.75) is 13.0 Å². The van der Waals surface area contributed by atoms with Gasteiger partial charge in [-0.15, -0.1) is 0 Å². The molecule has 3 nitrogen and oxygen atoms in total. The lowest BCUT2D eigenvalue weighted by Crippen LogP contribution is -2.38. The number of nitrogens with zero attached hydrogens (tertiary/aromatic N) is 1. The molecule has 0 radical (unpaired) electrons. The first-order valence-electron chi connectivity index (χ1n) is 7.04. The number of rotatable bonds is 2. The van der Waals surface area contributed by atoms with Crippen LogP contribution in [0.5, 0.6) is 0 Å². The average Bonchev–Trinajstić information content (AvgIpc) is 2.66. The predicted octanol–water partition coefficient (Wildman–Crippen LogP) is 3.70. The zero-order valence-corrected chi connectivity index (χ0v) is 12.0. The van der Waals surface area contributed by atoms with Crippen LogP contribution in [0.1, 0.15) is 17.3 Å². The van der Waals surface area contributed by atoms with Gasteiger partial charge in [0, 0.05) is 11.4 Å². The predicted molar refractivity (Wildman–Crippen MR) is 86.8 cm³/mol. The van der Waals surface area contributed by atoms with Crippen LogP contribution >= 0.6 is 0 Å². The van der Waals surface area contributed by atoms with Gasteiger partial charge in [0.15, 0.2) is 0 Å². The highest BCUT2D eigenvalue weighted by Crippen LogP contribution is 2.27. The molecule has 0 spiro atoms. The Balaban J connectivity index is 2.08. The Labute approximate surface area is 124 Å². The van der Waals surface area contributed by atoms with Crippen molar-refractivity contribution < 1.29 is 4.79 Å². The Bertz CT molecular complexity index is 679. The highest BCUT2D eigenvalue weighted by molar-refractivity contribution is 6.10. The van der Waals surface area contributed by atoms with Crippen molar-refractivity contribution in [3.63, 3.8) is 0 Å². The Morgan fingerprint density at radius 3 is 2.52 bits per heavy atom. The quantitative estimate of drug-likeness (QED) is 0.849. The lowest BCUT2D eigenvalue weighted by molar-refractivity contribution is 0.0989. The molecule has 0 fully saturated rings. The van der Waals surface area contributed by atoms with E-state index in [2.05, 4.69) is 11.9 Å². The van der Waals surface area contributed by atoms with E-state index in [0.29, 0.717) is 12.1 Å². The molecule has 3 heteroatoms. The van der Waals surface area contributed by atoms with Gasteiger partial charge in [-0.1, -0.05) is 42.5 Å². The minimum atomic E-state index is 0.0213. The van der Waals surface area contributed by atoms with Crippen LogP contribution in [0.3, 0.4) is 0 Å². The third-order valence-corrected chi connectivity index (χ3v) is 3.76. The molecule has 0 aliphatic carbocycles.